The maximum atomic E-state index is 12.9. The molecular formula is C35H44N2O3. The lowest BCUT2D eigenvalue weighted by Gasteiger charge is -2.40. The van der Waals surface area contributed by atoms with Crippen LogP contribution in [0.2, 0.25) is 0 Å². The average molecular weight is 541 g/mol. The second-order valence-electron chi connectivity index (χ2n) is 12.6. The van der Waals surface area contributed by atoms with E-state index in [-0.39, 0.29) is 24.6 Å². The fraction of sp³-hybridized carbons (Fsp3) is 0.486. The van der Waals surface area contributed by atoms with E-state index in [1.165, 1.54) is 11.1 Å². The number of hydrogen-bond donors (Lipinski definition) is 0. The van der Waals surface area contributed by atoms with Crippen LogP contribution in [0.1, 0.15) is 75.0 Å². The molecule has 5 nitrogen and oxygen atoms in total. The number of nitrogens with zero attached hydrogens (tertiary/aromatic N) is 2. The molecule has 0 saturated carbocycles. The summed E-state index contributed by atoms with van der Waals surface area (Å²) in [6, 6.07) is 17.2. The number of fused-ring (bicyclic) bond motifs is 1. The van der Waals surface area contributed by atoms with Gasteiger partial charge < -0.3 is 14.4 Å². The van der Waals surface area contributed by atoms with Crippen molar-refractivity contribution < 1.29 is 14.3 Å². The summed E-state index contributed by atoms with van der Waals surface area (Å²) in [7, 11) is 0. The second-order valence-corrected chi connectivity index (χ2v) is 12.6. The van der Waals surface area contributed by atoms with E-state index < -0.39 is 0 Å². The summed E-state index contributed by atoms with van der Waals surface area (Å²) in [5.41, 5.74) is 9.20. The number of hydrogen-bond acceptors (Lipinski definition) is 5. The highest BCUT2D eigenvalue weighted by atomic mass is 16.5. The third-order valence-corrected chi connectivity index (χ3v) is 8.46. The van der Waals surface area contributed by atoms with Gasteiger partial charge in [0, 0.05) is 42.0 Å². The van der Waals surface area contributed by atoms with E-state index >= 15 is 0 Å². The Morgan fingerprint density at radius 1 is 1.07 bits per heavy atom. The van der Waals surface area contributed by atoms with E-state index in [1.54, 1.807) is 0 Å². The number of ether oxygens (including phenoxy) is 2. The Balaban J connectivity index is 1.51. The highest BCUT2D eigenvalue weighted by Gasteiger charge is 2.31. The van der Waals surface area contributed by atoms with Gasteiger partial charge in [-0.25, -0.2) is 0 Å². The van der Waals surface area contributed by atoms with Crippen LogP contribution >= 0.6 is 0 Å². The van der Waals surface area contributed by atoms with E-state index in [2.05, 4.69) is 74.2 Å². The molecule has 0 N–H and O–H groups in total. The summed E-state index contributed by atoms with van der Waals surface area (Å²) < 4.78 is 12.1. The lowest BCUT2D eigenvalue weighted by atomic mass is 9.82. The van der Waals surface area contributed by atoms with Crippen molar-refractivity contribution in [3.8, 4) is 16.9 Å². The third kappa shape index (κ3) is 6.35. The first-order valence-corrected chi connectivity index (χ1v) is 14.9. The lowest BCUT2D eigenvalue weighted by Crippen LogP contribution is -2.38. The van der Waals surface area contributed by atoms with Crippen molar-refractivity contribution in [2.45, 2.75) is 92.3 Å². The number of rotatable bonds is 7. The van der Waals surface area contributed by atoms with E-state index in [0.717, 1.165) is 84.7 Å². The first kappa shape index (κ1) is 28.2. The van der Waals surface area contributed by atoms with Gasteiger partial charge in [0.25, 0.3) is 0 Å². The molecule has 0 amide bonds. The maximum absolute atomic E-state index is 12.9. The molecule has 0 spiro atoms. The van der Waals surface area contributed by atoms with Crippen LogP contribution in [0.3, 0.4) is 0 Å². The van der Waals surface area contributed by atoms with Gasteiger partial charge >= 0.3 is 5.97 Å². The van der Waals surface area contributed by atoms with Gasteiger partial charge in [0.05, 0.1) is 18.2 Å². The van der Waals surface area contributed by atoms with Crippen molar-refractivity contribution >= 4 is 11.7 Å². The van der Waals surface area contributed by atoms with Crippen LogP contribution in [0, 0.1) is 19.3 Å². The van der Waals surface area contributed by atoms with Gasteiger partial charge in [-0.2, -0.15) is 0 Å². The van der Waals surface area contributed by atoms with Crippen LogP contribution in [0.5, 0.6) is 5.75 Å². The molecule has 2 aliphatic heterocycles. The van der Waals surface area contributed by atoms with Crippen LogP contribution < -0.4 is 9.64 Å². The fourth-order valence-corrected chi connectivity index (χ4v) is 6.18. The number of aryl methyl sites for hydroxylation is 3. The molecule has 212 valence electrons. The van der Waals surface area contributed by atoms with Gasteiger partial charge in [-0.15, -0.1) is 0 Å². The monoisotopic (exact) mass is 540 g/mol. The third-order valence-electron chi connectivity index (χ3n) is 8.46. The molecule has 5 rings (SSSR count). The van der Waals surface area contributed by atoms with Crippen molar-refractivity contribution in [2.75, 3.05) is 18.0 Å². The molecule has 1 saturated heterocycles. The quantitative estimate of drug-likeness (QED) is 0.292. The van der Waals surface area contributed by atoms with Crippen LogP contribution in [0.15, 0.2) is 48.5 Å². The van der Waals surface area contributed by atoms with E-state index in [1.807, 2.05) is 20.8 Å². The molecule has 0 bridgehead atoms. The molecule has 1 aromatic heterocycles. The summed E-state index contributed by atoms with van der Waals surface area (Å²) >= 11 is 0. The van der Waals surface area contributed by atoms with Gasteiger partial charge in [0.1, 0.15) is 11.9 Å². The van der Waals surface area contributed by atoms with Gasteiger partial charge in [-0.05, 0) is 87.6 Å². The number of piperidine rings is 1. The number of anilines is 1. The zero-order valence-electron chi connectivity index (χ0n) is 25.0. The Hall–Kier alpha value is -3.34. The molecule has 2 aliphatic rings. The Morgan fingerprint density at radius 2 is 1.80 bits per heavy atom. The van der Waals surface area contributed by atoms with E-state index in [0.29, 0.717) is 5.41 Å². The van der Waals surface area contributed by atoms with Crippen LogP contribution in [0.4, 0.5) is 5.69 Å². The maximum Gasteiger partial charge on any atom is 0.310 e. The minimum atomic E-state index is -0.198. The predicted molar refractivity (Wildman–Crippen MR) is 162 cm³/mol. The van der Waals surface area contributed by atoms with E-state index in [4.69, 9.17) is 14.5 Å². The van der Waals surface area contributed by atoms with Crippen molar-refractivity contribution in [3.05, 3.63) is 76.6 Å². The Bertz CT molecular complexity index is 1350. The minimum absolute atomic E-state index is 0.142. The summed E-state index contributed by atoms with van der Waals surface area (Å²) in [5.74, 6) is 0.784. The van der Waals surface area contributed by atoms with Crippen LogP contribution in [-0.4, -0.2) is 36.3 Å². The summed E-state index contributed by atoms with van der Waals surface area (Å²) in [4.78, 5) is 20.4. The standard InChI is InChI=1S/C35H44N2O3/c1-23(2)39-32(38)22-30-24(3)36-25(4)33(34(30)37-18-16-35(5,6)17-19-37)28-13-15-31-27(21-28)12-14-29(40-31)20-26-10-8-7-9-11-26/h7-11,13,15,21,23,29H,12,14,16-20,22H2,1-6H3. The number of pyridine rings is 1. The number of carbonyl (C=O) groups excluding carboxylic acids is 1. The molecule has 0 radical (unpaired) electrons. The molecule has 1 unspecified atom stereocenters. The van der Waals surface area contributed by atoms with Crippen LogP contribution in [-0.2, 0) is 28.8 Å². The first-order valence-electron chi connectivity index (χ1n) is 14.9. The summed E-state index contributed by atoms with van der Waals surface area (Å²) in [5, 5.41) is 0. The zero-order valence-corrected chi connectivity index (χ0v) is 25.0. The summed E-state index contributed by atoms with van der Waals surface area (Å²) in [6.45, 7) is 14.6. The molecule has 5 heteroatoms. The Kier molecular flexibility index (Phi) is 8.21. The molecular weight excluding hydrogens is 496 g/mol. The predicted octanol–water partition coefficient (Wildman–Crippen LogP) is 7.42. The van der Waals surface area contributed by atoms with Crippen molar-refractivity contribution in [2.24, 2.45) is 5.41 Å². The number of aromatic nitrogens is 1. The SMILES string of the molecule is Cc1nc(C)c(-c2ccc3c(c2)CCC(Cc2ccccc2)O3)c(N2CCC(C)(C)CC2)c1CC(=O)OC(C)C. The summed E-state index contributed by atoms with van der Waals surface area (Å²) in [6.07, 6.45) is 5.41. The van der Waals surface area contributed by atoms with Gasteiger partial charge in [0.2, 0.25) is 0 Å². The molecule has 3 aromatic rings. The molecule has 40 heavy (non-hydrogen) atoms. The van der Waals surface area contributed by atoms with Gasteiger partial charge in [-0.1, -0.05) is 50.2 Å². The Morgan fingerprint density at radius 3 is 2.50 bits per heavy atom. The van der Waals surface area contributed by atoms with E-state index in [9.17, 15) is 4.79 Å². The zero-order chi connectivity index (χ0) is 28.4. The highest BCUT2D eigenvalue weighted by Crippen LogP contribution is 2.43. The van der Waals surface area contributed by atoms with Gasteiger partial charge in [0.15, 0.2) is 0 Å². The second kappa shape index (κ2) is 11.6. The van der Waals surface area contributed by atoms with Crippen molar-refractivity contribution in [1.82, 2.24) is 4.98 Å². The molecule has 0 aliphatic carbocycles. The lowest BCUT2D eigenvalue weighted by molar-refractivity contribution is -0.146. The number of carbonyl (C=O) groups is 1. The highest BCUT2D eigenvalue weighted by molar-refractivity contribution is 5.87. The first-order chi connectivity index (χ1) is 19.1. The van der Waals surface area contributed by atoms with Crippen molar-refractivity contribution in [3.63, 3.8) is 0 Å². The molecule has 2 aromatic carbocycles. The molecule has 1 atom stereocenters. The number of benzene rings is 2. The topological polar surface area (TPSA) is 51.7 Å². The fourth-order valence-electron chi connectivity index (χ4n) is 6.18. The Labute approximate surface area is 239 Å². The average Bonchev–Trinajstić information content (AvgIpc) is 2.90. The molecule has 1 fully saturated rings. The normalized spacial score (nSPS) is 18.3. The minimum Gasteiger partial charge on any atom is -0.490 e. The number of esters is 1. The van der Waals surface area contributed by atoms with Crippen molar-refractivity contribution in [1.29, 1.82) is 0 Å². The van der Waals surface area contributed by atoms with Gasteiger partial charge in [-0.3, -0.25) is 9.78 Å². The largest absolute Gasteiger partial charge is 0.490 e. The van der Waals surface area contributed by atoms with Crippen LogP contribution in [0.25, 0.3) is 11.1 Å². The smallest absolute Gasteiger partial charge is 0.310 e. The molecule has 3 heterocycles.